The lowest BCUT2D eigenvalue weighted by Crippen LogP contribution is -2.34. The van der Waals surface area contributed by atoms with Gasteiger partial charge in [-0.1, -0.05) is 13.8 Å². The predicted octanol–water partition coefficient (Wildman–Crippen LogP) is 3.79. The largest absolute Gasteiger partial charge is 0.376 e. The van der Waals surface area contributed by atoms with Crippen molar-refractivity contribution in [2.45, 2.75) is 32.9 Å². The van der Waals surface area contributed by atoms with Gasteiger partial charge in [0.15, 0.2) is 0 Å². The van der Waals surface area contributed by atoms with Crippen LogP contribution in [-0.4, -0.2) is 12.7 Å². The fraction of sp³-hybridized carbons (Fsp3) is 0.538. The van der Waals surface area contributed by atoms with Gasteiger partial charge in [-0.3, -0.25) is 0 Å². The molecule has 102 valence electrons. The van der Waals surface area contributed by atoms with E-state index in [1.165, 1.54) is 12.1 Å². The summed E-state index contributed by atoms with van der Waals surface area (Å²) in [4.78, 5) is 0. The molecule has 2 nitrogen and oxygen atoms in total. The maximum atomic E-state index is 14.0. The number of hydrogen-bond acceptors (Lipinski definition) is 2. The molecule has 1 aromatic rings. The minimum Gasteiger partial charge on any atom is -0.376 e. The molecular formula is C13H18BrF2NO. The molecule has 0 fully saturated rings. The molecule has 1 rings (SSSR count). The average molecular weight is 322 g/mol. The Morgan fingerprint density at radius 2 is 1.94 bits per heavy atom. The highest BCUT2D eigenvalue weighted by Gasteiger charge is 2.28. The summed E-state index contributed by atoms with van der Waals surface area (Å²) in [6.45, 7) is 6.10. The average Bonchev–Trinajstić information content (AvgIpc) is 2.30. The van der Waals surface area contributed by atoms with Crippen LogP contribution >= 0.6 is 15.9 Å². The number of nitrogens with two attached hydrogens (primary N) is 1. The van der Waals surface area contributed by atoms with E-state index < -0.39 is 23.8 Å². The molecule has 0 aromatic heterocycles. The number of hydrogen-bond donors (Lipinski definition) is 1. The van der Waals surface area contributed by atoms with Gasteiger partial charge in [0.2, 0.25) is 0 Å². The summed E-state index contributed by atoms with van der Waals surface area (Å²) in [5.41, 5.74) is 5.84. The Morgan fingerprint density at radius 3 is 2.44 bits per heavy atom. The van der Waals surface area contributed by atoms with Crippen molar-refractivity contribution in [3.05, 3.63) is 33.8 Å². The fourth-order valence-electron chi connectivity index (χ4n) is 1.92. The first-order valence-electron chi connectivity index (χ1n) is 5.90. The summed E-state index contributed by atoms with van der Waals surface area (Å²) < 4.78 is 33.4. The first kappa shape index (κ1) is 15.5. The van der Waals surface area contributed by atoms with E-state index in [0.717, 1.165) is 0 Å². The van der Waals surface area contributed by atoms with E-state index in [9.17, 15) is 8.78 Å². The van der Waals surface area contributed by atoms with Crippen LogP contribution in [0.25, 0.3) is 0 Å². The Labute approximate surface area is 115 Å². The first-order chi connectivity index (χ1) is 8.40. The van der Waals surface area contributed by atoms with Crippen molar-refractivity contribution >= 4 is 15.9 Å². The summed E-state index contributed by atoms with van der Waals surface area (Å²) >= 11 is 3.04. The highest BCUT2D eigenvalue weighted by molar-refractivity contribution is 9.10. The van der Waals surface area contributed by atoms with Gasteiger partial charge in [-0.05, 0) is 40.9 Å². The summed E-state index contributed by atoms with van der Waals surface area (Å²) in [7, 11) is 0. The van der Waals surface area contributed by atoms with Crippen LogP contribution in [0.15, 0.2) is 16.6 Å². The lowest BCUT2D eigenvalue weighted by atomic mass is 9.93. The Hall–Kier alpha value is -0.520. The van der Waals surface area contributed by atoms with E-state index >= 15 is 0 Å². The quantitative estimate of drug-likeness (QED) is 0.837. The monoisotopic (exact) mass is 321 g/mol. The Kier molecular flexibility index (Phi) is 5.69. The standard InChI is InChI=1S/C13H18BrF2NO/c1-4-18-13(7(2)3)12(17)10-9(15)6-5-8(14)11(10)16/h5-7,12-13H,4,17H2,1-3H3. The molecule has 0 saturated carbocycles. The van der Waals surface area contributed by atoms with E-state index in [0.29, 0.717) is 6.61 Å². The van der Waals surface area contributed by atoms with Crippen LogP contribution in [0.4, 0.5) is 8.78 Å². The highest BCUT2D eigenvalue weighted by atomic mass is 79.9. The lowest BCUT2D eigenvalue weighted by Gasteiger charge is -2.28. The minimum absolute atomic E-state index is 0.0673. The van der Waals surface area contributed by atoms with Crippen molar-refractivity contribution in [3.8, 4) is 0 Å². The minimum atomic E-state index is -0.831. The van der Waals surface area contributed by atoms with Crippen LogP contribution in [-0.2, 0) is 4.74 Å². The molecule has 2 atom stereocenters. The second-order valence-electron chi connectivity index (χ2n) is 4.45. The Morgan fingerprint density at radius 1 is 1.33 bits per heavy atom. The molecule has 0 aliphatic rings. The van der Waals surface area contributed by atoms with Gasteiger partial charge in [-0.2, -0.15) is 0 Å². The van der Waals surface area contributed by atoms with Gasteiger partial charge >= 0.3 is 0 Å². The summed E-state index contributed by atoms with van der Waals surface area (Å²) in [6, 6.07) is 1.69. The lowest BCUT2D eigenvalue weighted by molar-refractivity contribution is 0.0106. The molecule has 18 heavy (non-hydrogen) atoms. The predicted molar refractivity (Wildman–Crippen MR) is 71.2 cm³/mol. The molecule has 1 aromatic carbocycles. The zero-order chi connectivity index (χ0) is 13.9. The second-order valence-corrected chi connectivity index (χ2v) is 5.30. The number of ether oxygens (including phenoxy) is 1. The van der Waals surface area contributed by atoms with Gasteiger partial charge in [-0.15, -0.1) is 0 Å². The molecule has 2 unspecified atom stereocenters. The highest BCUT2D eigenvalue weighted by Crippen LogP contribution is 2.30. The van der Waals surface area contributed by atoms with Crippen molar-refractivity contribution in [2.75, 3.05) is 6.61 Å². The topological polar surface area (TPSA) is 35.2 Å². The van der Waals surface area contributed by atoms with Gasteiger partial charge in [0, 0.05) is 12.2 Å². The van der Waals surface area contributed by atoms with Crippen LogP contribution in [0.5, 0.6) is 0 Å². The molecule has 0 saturated heterocycles. The molecule has 0 heterocycles. The third-order valence-electron chi connectivity index (χ3n) is 2.78. The van der Waals surface area contributed by atoms with E-state index in [-0.39, 0.29) is 16.0 Å². The Balaban J connectivity index is 3.15. The zero-order valence-electron chi connectivity index (χ0n) is 10.7. The third kappa shape index (κ3) is 3.28. The van der Waals surface area contributed by atoms with Crippen LogP contribution in [0.3, 0.4) is 0 Å². The van der Waals surface area contributed by atoms with Crippen molar-refractivity contribution < 1.29 is 13.5 Å². The van der Waals surface area contributed by atoms with Gasteiger partial charge in [0.1, 0.15) is 11.6 Å². The summed E-state index contributed by atoms with van der Waals surface area (Å²) in [5.74, 6) is -1.24. The molecule has 0 bridgehead atoms. The summed E-state index contributed by atoms with van der Waals surface area (Å²) in [5, 5.41) is 0. The fourth-order valence-corrected chi connectivity index (χ4v) is 2.26. The molecule has 5 heteroatoms. The van der Waals surface area contributed by atoms with Crippen molar-refractivity contribution in [3.63, 3.8) is 0 Å². The van der Waals surface area contributed by atoms with Crippen molar-refractivity contribution in [1.82, 2.24) is 0 Å². The van der Waals surface area contributed by atoms with Gasteiger partial charge in [0.25, 0.3) is 0 Å². The smallest absolute Gasteiger partial charge is 0.145 e. The van der Waals surface area contributed by atoms with Crippen LogP contribution in [0.2, 0.25) is 0 Å². The van der Waals surface area contributed by atoms with E-state index in [1.54, 1.807) is 0 Å². The van der Waals surface area contributed by atoms with Gasteiger partial charge < -0.3 is 10.5 Å². The zero-order valence-corrected chi connectivity index (χ0v) is 12.3. The SMILES string of the molecule is CCOC(C(C)C)C(N)c1c(F)ccc(Br)c1F. The molecule has 0 aliphatic heterocycles. The van der Waals surface area contributed by atoms with E-state index in [1.807, 2.05) is 20.8 Å². The second kappa shape index (κ2) is 6.59. The van der Waals surface area contributed by atoms with E-state index in [2.05, 4.69) is 15.9 Å². The van der Waals surface area contributed by atoms with Gasteiger partial charge in [-0.25, -0.2) is 8.78 Å². The normalized spacial score (nSPS) is 14.9. The van der Waals surface area contributed by atoms with Crippen LogP contribution < -0.4 is 5.73 Å². The third-order valence-corrected chi connectivity index (χ3v) is 3.40. The molecule has 0 spiro atoms. The number of benzene rings is 1. The Bertz CT molecular complexity index is 412. The number of halogens is 3. The number of rotatable bonds is 5. The molecule has 0 amide bonds. The summed E-state index contributed by atoms with van der Waals surface area (Å²) in [6.07, 6.45) is -0.423. The van der Waals surface area contributed by atoms with Crippen molar-refractivity contribution in [2.24, 2.45) is 11.7 Å². The molecule has 2 N–H and O–H groups in total. The first-order valence-corrected chi connectivity index (χ1v) is 6.70. The van der Waals surface area contributed by atoms with E-state index in [4.69, 9.17) is 10.5 Å². The maximum absolute atomic E-state index is 14.0. The van der Waals surface area contributed by atoms with Crippen LogP contribution in [0, 0.1) is 17.6 Å². The van der Waals surface area contributed by atoms with Gasteiger partial charge in [0.05, 0.1) is 16.6 Å². The molecule has 0 radical (unpaired) electrons. The molecule has 0 aliphatic carbocycles. The van der Waals surface area contributed by atoms with Crippen molar-refractivity contribution in [1.29, 1.82) is 0 Å². The molecular weight excluding hydrogens is 304 g/mol. The van der Waals surface area contributed by atoms with Crippen LogP contribution in [0.1, 0.15) is 32.4 Å². The maximum Gasteiger partial charge on any atom is 0.145 e.